The molecule has 0 aliphatic heterocycles. The molecule has 0 amide bonds. The van der Waals surface area contributed by atoms with E-state index in [0.29, 0.717) is 12.0 Å². The van der Waals surface area contributed by atoms with E-state index in [1.807, 2.05) is 19.1 Å². The van der Waals surface area contributed by atoms with Crippen LogP contribution in [0.4, 0.5) is 0 Å². The number of allylic oxidation sites excluding steroid dienone is 2. The maximum Gasteiger partial charge on any atom is 0.337 e. The number of hydrogen-bond donors (Lipinski definition) is 1. The second-order valence-corrected chi connectivity index (χ2v) is 8.58. The highest BCUT2D eigenvalue weighted by Crippen LogP contribution is 2.57. The van der Waals surface area contributed by atoms with Crippen molar-refractivity contribution in [3.63, 3.8) is 0 Å². The number of ether oxygens (including phenoxy) is 1. The van der Waals surface area contributed by atoms with Gasteiger partial charge in [0.25, 0.3) is 0 Å². The van der Waals surface area contributed by atoms with Crippen LogP contribution in [0.2, 0.25) is 0 Å². The van der Waals surface area contributed by atoms with Gasteiger partial charge in [0.05, 0.1) is 0 Å². The molecule has 2 aliphatic rings. The molecule has 2 aliphatic carbocycles. The summed E-state index contributed by atoms with van der Waals surface area (Å²) in [6.45, 7) is 4.59. The maximum absolute atomic E-state index is 12.2. The van der Waals surface area contributed by atoms with Gasteiger partial charge in [-0.1, -0.05) is 49.8 Å². The number of fused-ring (bicyclic) bond motifs is 1. The standard InChI is InChI=1S/C25H30O3/c1-3-4-15-28-23(24(26)27)21-17(2)16-19-7-5-6-8-20(19)22(21)18-9-11-25(12-10-18)13-14-25/h5-9,16,23H,3-4,10-15H2,1-2H3,(H,26,27). The van der Waals surface area contributed by atoms with Gasteiger partial charge in [0.1, 0.15) is 0 Å². The second-order valence-electron chi connectivity index (χ2n) is 8.58. The van der Waals surface area contributed by atoms with Crippen LogP contribution >= 0.6 is 0 Å². The smallest absolute Gasteiger partial charge is 0.337 e. The highest BCUT2D eigenvalue weighted by atomic mass is 16.5. The number of carboxylic acids is 1. The lowest BCUT2D eigenvalue weighted by molar-refractivity contribution is -0.151. The zero-order valence-corrected chi connectivity index (χ0v) is 17.0. The molecular formula is C25H30O3. The molecule has 0 radical (unpaired) electrons. The zero-order chi connectivity index (χ0) is 19.7. The number of aliphatic carboxylic acids is 1. The molecule has 4 rings (SSSR count). The summed E-state index contributed by atoms with van der Waals surface area (Å²) < 4.78 is 5.92. The predicted octanol–water partition coefficient (Wildman–Crippen LogP) is 6.44. The molecular weight excluding hydrogens is 348 g/mol. The molecule has 1 saturated carbocycles. The third-order valence-corrected chi connectivity index (χ3v) is 6.55. The Bertz CT molecular complexity index is 921. The van der Waals surface area contributed by atoms with Gasteiger partial charge in [0.2, 0.25) is 0 Å². The number of benzene rings is 2. The first kappa shape index (κ1) is 19.2. The monoisotopic (exact) mass is 378 g/mol. The van der Waals surface area contributed by atoms with Gasteiger partial charge < -0.3 is 9.84 Å². The number of rotatable bonds is 7. The Morgan fingerprint density at radius 1 is 1.25 bits per heavy atom. The molecule has 2 aromatic rings. The first-order valence-corrected chi connectivity index (χ1v) is 10.6. The fraction of sp³-hybridized carbons (Fsp3) is 0.480. The molecule has 0 aromatic heterocycles. The molecule has 148 valence electrons. The highest BCUT2D eigenvalue weighted by molar-refractivity contribution is 5.98. The third kappa shape index (κ3) is 3.60. The SMILES string of the molecule is CCCCOC(C(=O)O)c1c(C)cc2ccccc2c1C1=CCC2(CC1)CC2. The van der Waals surface area contributed by atoms with E-state index < -0.39 is 12.1 Å². The first-order chi connectivity index (χ1) is 13.5. The Labute approximate surface area is 167 Å². The first-order valence-electron chi connectivity index (χ1n) is 10.6. The quantitative estimate of drug-likeness (QED) is 0.564. The lowest BCUT2D eigenvalue weighted by atomic mass is 9.79. The summed E-state index contributed by atoms with van der Waals surface area (Å²) in [5.74, 6) is -0.897. The normalized spacial score (nSPS) is 18.9. The van der Waals surface area contributed by atoms with Crippen LogP contribution in [0.25, 0.3) is 16.3 Å². The van der Waals surface area contributed by atoms with Crippen molar-refractivity contribution in [1.29, 1.82) is 0 Å². The molecule has 0 bridgehead atoms. The van der Waals surface area contributed by atoms with Gasteiger partial charge in [-0.3, -0.25) is 0 Å². The Morgan fingerprint density at radius 2 is 2.04 bits per heavy atom. The number of carbonyl (C=O) groups is 1. The predicted molar refractivity (Wildman–Crippen MR) is 113 cm³/mol. The number of carboxylic acid groups (broad SMARTS) is 1. The van der Waals surface area contributed by atoms with Crippen LogP contribution in [0.3, 0.4) is 0 Å². The molecule has 3 heteroatoms. The van der Waals surface area contributed by atoms with Crippen LogP contribution in [0.15, 0.2) is 36.4 Å². The van der Waals surface area contributed by atoms with E-state index in [1.54, 1.807) is 0 Å². The average molecular weight is 379 g/mol. The largest absolute Gasteiger partial charge is 0.479 e. The molecule has 2 aromatic carbocycles. The highest BCUT2D eigenvalue weighted by Gasteiger charge is 2.43. The van der Waals surface area contributed by atoms with E-state index in [2.05, 4.69) is 31.2 Å². The van der Waals surface area contributed by atoms with Crippen LogP contribution in [-0.4, -0.2) is 17.7 Å². The van der Waals surface area contributed by atoms with Crippen molar-refractivity contribution in [2.75, 3.05) is 6.61 Å². The molecule has 3 nitrogen and oxygen atoms in total. The topological polar surface area (TPSA) is 46.5 Å². The molecule has 1 N–H and O–H groups in total. The lowest BCUT2D eigenvalue weighted by Gasteiger charge is -2.27. The molecule has 1 spiro atoms. The summed E-state index contributed by atoms with van der Waals surface area (Å²) >= 11 is 0. The van der Waals surface area contributed by atoms with Gasteiger partial charge in [0, 0.05) is 12.2 Å². The Balaban J connectivity index is 1.85. The van der Waals surface area contributed by atoms with Gasteiger partial charge in [-0.2, -0.15) is 0 Å². The second kappa shape index (κ2) is 7.71. The molecule has 0 heterocycles. The van der Waals surface area contributed by atoms with Crippen LogP contribution < -0.4 is 0 Å². The van der Waals surface area contributed by atoms with Gasteiger partial charge in [-0.15, -0.1) is 0 Å². The number of hydrogen-bond acceptors (Lipinski definition) is 2. The van der Waals surface area contributed by atoms with Crippen LogP contribution in [-0.2, 0) is 9.53 Å². The molecule has 1 unspecified atom stereocenters. The minimum absolute atomic E-state index is 0.474. The van der Waals surface area contributed by atoms with Gasteiger partial charge in [0.15, 0.2) is 6.10 Å². The molecule has 1 atom stereocenters. The summed E-state index contributed by atoms with van der Waals surface area (Å²) in [7, 11) is 0. The minimum atomic E-state index is -0.913. The van der Waals surface area contributed by atoms with E-state index in [-0.39, 0.29) is 0 Å². The third-order valence-electron chi connectivity index (χ3n) is 6.55. The van der Waals surface area contributed by atoms with Crippen molar-refractivity contribution in [3.8, 4) is 0 Å². The van der Waals surface area contributed by atoms with E-state index in [4.69, 9.17) is 4.74 Å². The average Bonchev–Trinajstić information content (AvgIpc) is 3.44. The lowest BCUT2D eigenvalue weighted by Crippen LogP contribution is -2.20. The fourth-order valence-corrected chi connectivity index (χ4v) is 4.61. The number of unbranched alkanes of at least 4 members (excludes halogenated alkanes) is 1. The van der Waals surface area contributed by atoms with Crippen molar-refractivity contribution in [3.05, 3.63) is 53.1 Å². The van der Waals surface area contributed by atoms with Gasteiger partial charge >= 0.3 is 5.97 Å². The van der Waals surface area contributed by atoms with Crippen LogP contribution in [0, 0.1) is 12.3 Å². The fourth-order valence-electron chi connectivity index (χ4n) is 4.61. The van der Waals surface area contributed by atoms with Crippen molar-refractivity contribution >= 4 is 22.3 Å². The summed E-state index contributed by atoms with van der Waals surface area (Å²) in [6.07, 6.45) is 9.39. The maximum atomic E-state index is 12.2. The zero-order valence-electron chi connectivity index (χ0n) is 17.0. The summed E-state index contributed by atoms with van der Waals surface area (Å²) in [5.41, 5.74) is 4.81. The Morgan fingerprint density at radius 3 is 2.68 bits per heavy atom. The summed E-state index contributed by atoms with van der Waals surface area (Å²) in [5, 5.41) is 12.3. The Hall–Kier alpha value is -2.13. The van der Waals surface area contributed by atoms with Gasteiger partial charge in [-0.25, -0.2) is 4.79 Å². The van der Waals surface area contributed by atoms with Crippen molar-refractivity contribution in [2.24, 2.45) is 5.41 Å². The van der Waals surface area contributed by atoms with Gasteiger partial charge in [-0.05, 0) is 78.3 Å². The molecule has 0 saturated heterocycles. The van der Waals surface area contributed by atoms with E-state index in [0.717, 1.165) is 47.8 Å². The van der Waals surface area contributed by atoms with Crippen molar-refractivity contribution in [1.82, 2.24) is 0 Å². The van der Waals surface area contributed by atoms with E-state index in [9.17, 15) is 9.90 Å². The minimum Gasteiger partial charge on any atom is -0.479 e. The van der Waals surface area contributed by atoms with E-state index >= 15 is 0 Å². The number of aryl methyl sites for hydroxylation is 1. The van der Waals surface area contributed by atoms with E-state index in [1.165, 1.54) is 30.2 Å². The summed E-state index contributed by atoms with van der Waals surface area (Å²) in [6, 6.07) is 10.4. The van der Waals surface area contributed by atoms with Crippen molar-refractivity contribution in [2.45, 2.75) is 64.9 Å². The Kier molecular flexibility index (Phi) is 5.29. The molecule has 1 fully saturated rings. The molecule has 28 heavy (non-hydrogen) atoms. The summed E-state index contributed by atoms with van der Waals surface area (Å²) in [4.78, 5) is 12.2. The van der Waals surface area contributed by atoms with Crippen molar-refractivity contribution < 1.29 is 14.6 Å². The van der Waals surface area contributed by atoms with Crippen LogP contribution in [0.1, 0.15) is 74.7 Å². The van der Waals surface area contributed by atoms with Crippen LogP contribution in [0.5, 0.6) is 0 Å².